The number of ether oxygens (including phenoxy) is 1. The van der Waals surface area contributed by atoms with Gasteiger partial charge < -0.3 is 37.5 Å². The van der Waals surface area contributed by atoms with Crippen molar-refractivity contribution in [3.05, 3.63) is 69.8 Å². The van der Waals surface area contributed by atoms with E-state index in [-0.39, 0.29) is 5.82 Å². The minimum absolute atomic E-state index is 0.144. The number of nitrogen functional groups attached to an aromatic ring is 1. The first-order valence-corrected chi connectivity index (χ1v) is 15.2. The Labute approximate surface area is 253 Å². The third-order valence-electron chi connectivity index (χ3n) is 7.27. The highest BCUT2D eigenvalue weighted by molar-refractivity contribution is 7.20. The van der Waals surface area contributed by atoms with Crippen molar-refractivity contribution in [3.63, 3.8) is 0 Å². The summed E-state index contributed by atoms with van der Waals surface area (Å²) >= 11 is 1.10. The lowest BCUT2D eigenvalue weighted by Gasteiger charge is -2.31. The van der Waals surface area contributed by atoms with Crippen molar-refractivity contribution in [3.8, 4) is 11.4 Å². The van der Waals surface area contributed by atoms with Crippen LogP contribution in [0.5, 0.6) is 5.75 Å². The molecule has 13 heteroatoms. The van der Waals surface area contributed by atoms with E-state index in [1.807, 2.05) is 42.5 Å². The van der Waals surface area contributed by atoms with Crippen LogP contribution in [0.3, 0.4) is 0 Å². The average molecular weight is 604 g/mol. The molecular formula is C30H37N9O3S. The van der Waals surface area contributed by atoms with Gasteiger partial charge in [-0.1, -0.05) is 18.2 Å². The van der Waals surface area contributed by atoms with Crippen molar-refractivity contribution >= 4 is 50.7 Å². The molecule has 0 atom stereocenters. The number of aromatic nitrogens is 2. The summed E-state index contributed by atoms with van der Waals surface area (Å²) in [6.45, 7) is 4.95. The molecule has 0 bridgehead atoms. The zero-order valence-electron chi connectivity index (χ0n) is 23.9. The maximum Gasteiger partial charge on any atom is 0.298 e. The molecule has 226 valence electrons. The van der Waals surface area contributed by atoms with E-state index in [0.717, 1.165) is 73.4 Å². The molecular weight excluding hydrogens is 566 g/mol. The Kier molecular flexibility index (Phi) is 9.42. The van der Waals surface area contributed by atoms with E-state index in [2.05, 4.69) is 19.8 Å². The fraction of sp³-hybridized carbons (Fsp3) is 0.333. The quantitative estimate of drug-likeness (QED) is 0.140. The van der Waals surface area contributed by atoms with Crippen LogP contribution >= 0.6 is 11.3 Å². The summed E-state index contributed by atoms with van der Waals surface area (Å²) < 4.78 is 7.27. The maximum absolute atomic E-state index is 12.9. The number of benzene rings is 2. The van der Waals surface area contributed by atoms with Crippen molar-refractivity contribution in [1.82, 2.24) is 14.5 Å². The van der Waals surface area contributed by atoms with Crippen LogP contribution in [0.1, 0.15) is 35.4 Å². The Hall–Kier alpha value is -4.62. The molecule has 12 nitrogen and oxygen atoms in total. The van der Waals surface area contributed by atoms with Gasteiger partial charge >= 0.3 is 0 Å². The number of unbranched alkanes of at least 4 members (excludes halogenated alkanes) is 1. The van der Waals surface area contributed by atoms with E-state index in [0.29, 0.717) is 34.1 Å². The van der Waals surface area contributed by atoms with Gasteiger partial charge in [-0.25, -0.2) is 4.98 Å². The van der Waals surface area contributed by atoms with Crippen LogP contribution in [0.2, 0.25) is 0 Å². The third-order valence-corrected chi connectivity index (χ3v) is 8.30. The number of nitrogens with zero attached hydrogens (tertiary/aromatic N) is 5. The van der Waals surface area contributed by atoms with Gasteiger partial charge in [-0.2, -0.15) is 0 Å². The Morgan fingerprint density at radius 3 is 2.49 bits per heavy atom. The van der Waals surface area contributed by atoms with Gasteiger partial charge in [-0.15, -0.1) is 11.3 Å². The standard InChI is InChI=1S/C21H17N5O3S.C9H20N4/c22-18-21(28)26(15-11-17(19(23)27)30-20(15)24-18)13-6-7-16-14(10-13)25(8-9-29-16)12-4-2-1-3-5-12;10-5-1-2-6-12-9(11)13-7-3-4-8-13/h1-7,10-11H,8-9H2,(H2,22,24)(H2,23,27);1-8,10H2,(H2,11,12). The zero-order valence-corrected chi connectivity index (χ0v) is 24.8. The molecule has 0 unspecified atom stereocenters. The Morgan fingerprint density at radius 2 is 1.77 bits per heavy atom. The maximum atomic E-state index is 12.9. The highest BCUT2D eigenvalue weighted by Crippen LogP contribution is 2.38. The number of fused-ring (bicyclic) bond motifs is 2. The summed E-state index contributed by atoms with van der Waals surface area (Å²) in [6, 6.07) is 17.0. The van der Waals surface area contributed by atoms with Gasteiger partial charge in [0.1, 0.15) is 17.2 Å². The Morgan fingerprint density at radius 1 is 1.00 bits per heavy atom. The Balaban J connectivity index is 0.000000239. The molecule has 1 fully saturated rings. The van der Waals surface area contributed by atoms with Crippen molar-refractivity contribution in [2.45, 2.75) is 25.7 Å². The highest BCUT2D eigenvalue weighted by Gasteiger charge is 2.22. The molecule has 2 aliphatic heterocycles. The molecule has 8 N–H and O–H groups in total. The summed E-state index contributed by atoms with van der Waals surface area (Å²) in [7, 11) is 0. The summed E-state index contributed by atoms with van der Waals surface area (Å²) in [6.07, 6.45) is 4.58. The molecule has 6 rings (SSSR count). The molecule has 43 heavy (non-hydrogen) atoms. The van der Waals surface area contributed by atoms with E-state index >= 15 is 0 Å². The Bertz CT molecular complexity index is 1660. The summed E-state index contributed by atoms with van der Waals surface area (Å²) in [5.74, 6) is 0.719. The number of para-hydroxylation sites is 1. The summed E-state index contributed by atoms with van der Waals surface area (Å²) in [5.41, 5.74) is 25.0. The van der Waals surface area contributed by atoms with Crippen molar-refractivity contribution in [2.24, 2.45) is 22.2 Å². The van der Waals surface area contributed by atoms with Gasteiger partial charge in [-0.3, -0.25) is 19.1 Å². The van der Waals surface area contributed by atoms with Crippen LogP contribution in [-0.2, 0) is 0 Å². The third kappa shape index (κ3) is 6.73. The molecule has 0 saturated carbocycles. The van der Waals surface area contributed by atoms with E-state index in [1.165, 1.54) is 17.4 Å². The lowest BCUT2D eigenvalue weighted by atomic mass is 10.1. The van der Waals surface area contributed by atoms with Gasteiger partial charge in [0, 0.05) is 25.3 Å². The molecule has 2 aromatic carbocycles. The summed E-state index contributed by atoms with van der Waals surface area (Å²) in [5, 5.41) is 0. The number of amides is 1. The second-order valence-electron chi connectivity index (χ2n) is 10.2. The van der Waals surface area contributed by atoms with Gasteiger partial charge in [0.25, 0.3) is 11.5 Å². The monoisotopic (exact) mass is 603 g/mol. The number of likely N-dealkylation sites (tertiary alicyclic amines) is 1. The van der Waals surface area contributed by atoms with E-state index in [4.69, 9.17) is 27.7 Å². The number of thiophene rings is 1. The second-order valence-corrected chi connectivity index (χ2v) is 11.3. The van der Waals surface area contributed by atoms with Gasteiger partial charge in [0.05, 0.1) is 28.3 Å². The van der Waals surface area contributed by atoms with E-state index in [9.17, 15) is 9.59 Å². The molecule has 0 aliphatic carbocycles. The van der Waals surface area contributed by atoms with Gasteiger partial charge in [0.15, 0.2) is 11.8 Å². The molecule has 1 saturated heterocycles. The van der Waals surface area contributed by atoms with Crippen LogP contribution in [0.15, 0.2) is 64.4 Å². The lowest BCUT2D eigenvalue weighted by molar-refractivity contribution is 0.100. The first kappa shape index (κ1) is 29.9. The van der Waals surface area contributed by atoms with Crippen molar-refractivity contribution in [2.75, 3.05) is 50.0 Å². The molecule has 0 spiro atoms. The predicted molar refractivity (Wildman–Crippen MR) is 173 cm³/mol. The number of rotatable bonds is 7. The smallest absolute Gasteiger partial charge is 0.298 e. The van der Waals surface area contributed by atoms with Crippen LogP contribution in [0.25, 0.3) is 16.0 Å². The highest BCUT2D eigenvalue weighted by atomic mass is 32.1. The van der Waals surface area contributed by atoms with Crippen LogP contribution in [0, 0.1) is 0 Å². The fourth-order valence-corrected chi connectivity index (χ4v) is 5.97. The average Bonchev–Trinajstić information content (AvgIpc) is 3.71. The van der Waals surface area contributed by atoms with E-state index < -0.39 is 11.5 Å². The largest absolute Gasteiger partial charge is 0.490 e. The predicted octanol–water partition coefficient (Wildman–Crippen LogP) is 2.79. The van der Waals surface area contributed by atoms with Crippen molar-refractivity contribution in [1.29, 1.82) is 0 Å². The number of nitrogens with two attached hydrogens (primary N) is 4. The number of carbonyl (C=O) groups excluding carboxylic acids is 1. The number of anilines is 3. The summed E-state index contributed by atoms with van der Waals surface area (Å²) in [4.78, 5) is 38.1. The molecule has 0 radical (unpaired) electrons. The minimum Gasteiger partial charge on any atom is -0.490 e. The van der Waals surface area contributed by atoms with Gasteiger partial charge in [0.2, 0.25) is 0 Å². The topological polar surface area (TPSA) is 184 Å². The number of aliphatic imine (C=N–C) groups is 1. The fourth-order valence-electron chi connectivity index (χ4n) is 5.09. The number of guanidine groups is 1. The van der Waals surface area contributed by atoms with Crippen molar-refractivity contribution < 1.29 is 9.53 Å². The number of primary amides is 1. The number of carbonyl (C=O) groups is 1. The lowest BCUT2D eigenvalue weighted by Crippen LogP contribution is -2.34. The molecule has 1 amide bonds. The minimum atomic E-state index is -0.579. The number of hydrogen-bond acceptors (Lipinski definition) is 9. The molecule has 2 aromatic heterocycles. The number of hydrogen-bond donors (Lipinski definition) is 4. The van der Waals surface area contributed by atoms with Crippen LogP contribution in [-0.4, -0.2) is 65.6 Å². The zero-order chi connectivity index (χ0) is 30.3. The van der Waals surface area contributed by atoms with Crippen LogP contribution in [0.4, 0.5) is 17.2 Å². The first-order valence-electron chi connectivity index (χ1n) is 14.3. The second kappa shape index (κ2) is 13.6. The normalized spacial score (nSPS) is 14.7. The van der Waals surface area contributed by atoms with Gasteiger partial charge in [-0.05, 0) is 68.6 Å². The molecule has 4 heterocycles. The van der Waals surface area contributed by atoms with Crippen LogP contribution < -0.4 is 38.1 Å². The van der Waals surface area contributed by atoms with E-state index in [1.54, 1.807) is 12.1 Å². The molecule has 4 aromatic rings. The first-order chi connectivity index (χ1) is 20.9. The SMILES string of the molecule is NC(=O)c1cc2c(nc(N)c(=O)n2-c2ccc3c(c2)N(c2ccccc2)CCO3)s1.NCCCCN=C(N)N1CCCC1. The molecule has 2 aliphatic rings.